The van der Waals surface area contributed by atoms with Crippen LogP contribution in [-0.2, 0) is 0 Å². The van der Waals surface area contributed by atoms with Gasteiger partial charge in [0.25, 0.3) is 0 Å². The zero-order valence-corrected chi connectivity index (χ0v) is 34.7. The predicted molar refractivity (Wildman–Crippen MR) is 267 cm³/mol. The van der Waals surface area contributed by atoms with Crippen molar-refractivity contribution in [3.63, 3.8) is 0 Å². The fraction of sp³-hybridized carbons (Fsp3) is 0.0328. The quantitative estimate of drug-likeness (QED) is 0.166. The molecule has 2 unspecified atom stereocenters. The van der Waals surface area contributed by atoms with Crippen molar-refractivity contribution in [2.75, 3.05) is 0 Å². The zero-order chi connectivity index (χ0) is 41.9. The number of hydrogen-bond donors (Lipinski definition) is 0. The molecule has 0 saturated heterocycles. The van der Waals surface area contributed by atoms with Gasteiger partial charge in [0.15, 0.2) is 0 Å². The fourth-order valence-corrected chi connectivity index (χ4v) is 11.1. The lowest BCUT2D eigenvalue weighted by Gasteiger charge is -2.41. The van der Waals surface area contributed by atoms with Crippen molar-refractivity contribution >= 4 is 76.2 Å². The first-order valence-corrected chi connectivity index (χ1v) is 22.2. The number of aromatic nitrogens is 3. The van der Waals surface area contributed by atoms with Gasteiger partial charge in [-0.3, -0.25) is 4.98 Å². The standard InChI is InChI=1S/C61H37N3/c1-2-10-37(11-3-1)53-31-28-40-23-25-43-34-45(35-62-60(43)61(40)63-53)46-29-26-38-20-24-41-32-44(33-42-27-30-51(46)56(38)55(41)42)36-18-21-39(22-19-36)59-58-50-15-7-5-13-48(50)47-12-4-6-14-49(47)57(58)52-16-8-9-17-54(52)64-59/h1-35,55-56H. The monoisotopic (exact) mass is 811 g/mol. The second-order valence-electron chi connectivity index (χ2n) is 17.5. The van der Waals surface area contributed by atoms with Crippen LogP contribution in [0.15, 0.2) is 235 Å². The van der Waals surface area contributed by atoms with Crippen molar-refractivity contribution in [1.82, 2.24) is 15.0 Å². The average molecular weight is 812 g/mol. The molecule has 3 nitrogen and oxygen atoms in total. The molecular weight excluding hydrogens is 775 g/mol. The molecule has 0 fully saturated rings. The van der Waals surface area contributed by atoms with E-state index < -0.39 is 0 Å². The molecule has 0 aliphatic heterocycles. The van der Waals surface area contributed by atoms with Crippen LogP contribution in [0.2, 0.25) is 0 Å². The lowest BCUT2D eigenvalue weighted by molar-refractivity contribution is 0.568. The van der Waals surface area contributed by atoms with Crippen LogP contribution in [0.25, 0.3) is 98.7 Å². The van der Waals surface area contributed by atoms with Crippen molar-refractivity contribution < 1.29 is 0 Å². The van der Waals surface area contributed by atoms with Gasteiger partial charge in [-0.05, 0) is 78.7 Å². The van der Waals surface area contributed by atoms with Crippen LogP contribution in [-0.4, -0.2) is 15.0 Å². The van der Waals surface area contributed by atoms with Crippen molar-refractivity contribution in [3.8, 4) is 22.5 Å². The normalized spacial score (nSPS) is 17.6. The maximum absolute atomic E-state index is 5.40. The van der Waals surface area contributed by atoms with Gasteiger partial charge in [-0.2, -0.15) is 0 Å². The summed E-state index contributed by atoms with van der Waals surface area (Å²) < 4.78 is 0. The highest BCUT2D eigenvalue weighted by atomic mass is 14.8. The van der Waals surface area contributed by atoms with Crippen LogP contribution in [0.3, 0.4) is 0 Å². The summed E-state index contributed by atoms with van der Waals surface area (Å²) in [6.45, 7) is 0. The molecule has 4 aliphatic carbocycles. The Kier molecular flexibility index (Phi) is 7.52. The van der Waals surface area contributed by atoms with E-state index in [-0.39, 0.29) is 11.8 Å². The molecule has 64 heavy (non-hydrogen) atoms. The summed E-state index contributed by atoms with van der Waals surface area (Å²) in [7, 11) is 0. The first kappa shape index (κ1) is 35.3. The summed E-state index contributed by atoms with van der Waals surface area (Å²) in [5.41, 5.74) is 17.3. The van der Waals surface area contributed by atoms with Gasteiger partial charge in [0, 0.05) is 61.7 Å². The molecule has 3 heteroatoms. The Morgan fingerprint density at radius 2 is 1.08 bits per heavy atom. The van der Waals surface area contributed by atoms with Crippen LogP contribution < -0.4 is 0 Å². The highest BCUT2D eigenvalue weighted by molar-refractivity contribution is 6.33. The molecule has 3 heterocycles. The van der Waals surface area contributed by atoms with Gasteiger partial charge in [0.1, 0.15) is 0 Å². The van der Waals surface area contributed by atoms with Gasteiger partial charge in [0.2, 0.25) is 0 Å². The summed E-state index contributed by atoms with van der Waals surface area (Å²) in [6.07, 6.45) is 20.8. The molecule has 0 saturated carbocycles. The van der Waals surface area contributed by atoms with Crippen LogP contribution in [0.5, 0.6) is 0 Å². The van der Waals surface area contributed by atoms with Crippen LogP contribution in [0.1, 0.15) is 11.1 Å². The molecule has 14 rings (SSSR count). The highest BCUT2D eigenvalue weighted by Crippen LogP contribution is 2.53. The van der Waals surface area contributed by atoms with E-state index >= 15 is 0 Å². The van der Waals surface area contributed by atoms with Gasteiger partial charge in [-0.1, -0.05) is 188 Å². The summed E-state index contributed by atoms with van der Waals surface area (Å²) in [5, 5.41) is 10.9. The lowest BCUT2D eigenvalue weighted by Crippen LogP contribution is -2.29. The molecule has 0 spiro atoms. The minimum absolute atomic E-state index is 0.247. The van der Waals surface area contributed by atoms with Crippen LogP contribution in [0, 0.1) is 11.8 Å². The third-order valence-corrected chi connectivity index (χ3v) is 14.0. The number of para-hydroxylation sites is 1. The summed E-state index contributed by atoms with van der Waals surface area (Å²) in [5.74, 6) is 0.509. The molecular formula is C61H37N3. The van der Waals surface area contributed by atoms with E-state index in [9.17, 15) is 0 Å². The first-order valence-electron chi connectivity index (χ1n) is 22.2. The number of rotatable bonds is 4. The molecule has 296 valence electrons. The maximum atomic E-state index is 5.40. The molecule has 7 aromatic carbocycles. The molecule has 10 aromatic rings. The second-order valence-corrected chi connectivity index (χ2v) is 17.5. The van der Waals surface area contributed by atoms with E-state index in [2.05, 4.69) is 200 Å². The summed E-state index contributed by atoms with van der Waals surface area (Å²) in [4.78, 5) is 15.6. The Morgan fingerprint density at radius 1 is 0.406 bits per heavy atom. The molecule has 4 aliphatic rings. The van der Waals surface area contributed by atoms with Gasteiger partial charge in [-0.15, -0.1) is 0 Å². The van der Waals surface area contributed by atoms with Gasteiger partial charge in [0.05, 0.1) is 27.9 Å². The minimum Gasteiger partial charge on any atom is -0.253 e. The molecule has 0 bridgehead atoms. The van der Waals surface area contributed by atoms with E-state index in [1.165, 1.54) is 76.7 Å². The van der Waals surface area contributed by atoms with E-state index in [0.717, 1.165) is 55.4 Å². The molecule has 0 N–H and O–H groups in total. The molecule has 3 aromatic heterocycles. The number of hydrogen-bond acceptors (Lipinski definition) is 3. The van der Waals surface area contributed by atoms with Crippen molar-refractivity contribution in [3.05, 3.63) is 246 Å². The number of nitrogens with zero attached hydrogens (tertiary/aromatic N) is 3. The third-order valence-electron chi connectivity index (χ3n) is 14.0. The largest absolute Gasteiger partial charge is 0.253 e. The molecule has 2 atom stereocenters. The predicted octanol–water partition coefficient (Wildman–Crippen LogP) is 15.1. The topological polar surface area (TPSA) is 38.7 Å². The Bertz CT molecular complexity index is 3930. The fourth-order valence-electron chi connectivity index (χ4n) is 11.1. The number of pyridine rings is 3. The van der Waals surface area contributed by atoms with Crippen molar-refractivity contribution in [1.29, 1.82) is 0 Å². The Labute approximate surface area is 369 Å². The van der Waals surface area contributed by atoms with Crippen LogP contribution in [0.4, 0.5) is 0 Å². The number of fused-ring (bicyclic) bond motifs is 11. The van der Waals surface area contributed by atoms with E-state index in [4.69, 9.17) is 15.0 Å². The lowest BCUT2D eigenvalue weighted by atomic mass is 9.62. The van der Waals surface area contributed by atoms with Crippen molar-refractivity contribution in [2.45, 2.75) is 0 Å². The maximum Gasteiger partial charge on any atom is 0.0972 e. The Morgan fingerprint density at radius 3 is 1.91 bits per heavy atom. The summed E-state index contributed by atoms with van der Waals surface area (Å²) >= 11 is 0. The van der Waals surface area contributed by atoms with E-state index in [1.54, 1.807) is 0 Å². The first-order chi connectivity index (χ1) is 31.7. The van der Waals surface area contributed by atoms with E-state index in [0.29, 0.717) is 0 Å². The molecule has 0 amide bonds. The Hall–Kier alpha value is -8.27. The number of benzene rings is 7. The van der Waals surface area contributed by atoms with Gasteiger partial charge < -0.3 is 0 Å². The van der Waals surface area contributed by atoms with Gasteiger partial charge >= 0.3 is 0 Å². The highest BCUT2D eigenvalue weighted by Gasteiger charge is 2.40. The van der Waals surface area contributed by atoms with E-state index in [1.807, 2.05) is 12.3 Å². The zero-order valence-electron chi connectivity index (χ0n) is 34.7. The smallest absolute Gasteiger partial charge is 0.0972 e. The average Bonchev–Trinajstić information content (AvgIpc) is 3.37. The SMILES string of the molecule is C1=CC2=CC=C(c3cnc4c(ccc5ccc(-c6ccccc6)nc54)c3)C3=CC=C4C=C(c5ccc(-c6nc7ccccc7c7c8ccccc8c8ccccc8c67)cc5)C=C1C4C23. The third kappa shape index (κ3) is 5.25. The second kappa shape index (κ2) is 13.6. The minimum atomic E-state index is 0.247. The summed E-state index contributed by atoms with van der Waals surface area (Å²) in [6, 6.07) is 56.6. The van der Waals surface area contributed by atoms with Crippen LogP contribution >= 0.6 is 0 Å². The molecule has 0 radical (unpaired) electrons. The number of allylic oxidation sites excluding steroid dienone is 14. The van der Waals surface area contributed by atoms with Gasteiger partial charge in [-0.25, -0.2) is 9.97 Å². The van der Waals surface area contributed by atoms with Crippen molar-refractivity contribution in [2.24, 2.45) is 11.8 Å². The Balaban J connectivity index is 0.837.